The second-order valence-corrected chi connectivity index (χ2v) is 12.1. The molecule has 0 bridgehead atoms. The summed E-state index contributed by atoms with van der Waals surface area (Å²) in [5, 5.41) is 5.91. The van der Waals surface area contributed by atoms with E-state index < -0.39 is 0 Å². The van der Waals surface area contributed by atoms with Crippen molar-refractivity contribution in [2.45, 2.75) is 6.04 Å². The summed E-state index contributed by atoms with van der Waals surface area (Å²) in [7, 11) is 0. The first-order chi connectivity index (χ1) is 22.8. The molecule has 4 heterocycles. The number of fused-ring (bicyclic) bond motifs is 6. The number of hydrogen-bond acceptors (Lipinski definition) is 3. The Hall–Kier alpha value is -5.87. The van der Waals surface area contributed by atoms with Crippen molar-refractivity contribution in [3.05, 3.63) is 169 Å². The third kappa shape index (κ3) is 4.33. The highest BCUT2D eigenvalue weighted by Crippen LogP contribution is 2.45. The van der Waals surface area contributed by atoms with Crippen LogP contribution in [0.3, 0.4) is 0 Å². The van der Waals surface area contributed by atoms with E-state index in [1.807, 2.05) is 24.7 Å². The van der Waals surface area contributed by atoms with Crippen LogP contribution in [0.1, 0.15) is 11.1 Å². The Bertz CT molecular complexity index is 2270. The van der Waals surface area contributed by atoms with E-state index in [0.29, 0.717) is 0 Å². The molecule has 0 saturated carbocycles. The fraction of sp³-hybridized carbons (Fsp3) is 0.0714. The molecule has 220 valence electrons. The molecule has 2 aromatic heterocycles. The largest absolute Gasteiger partial charge is 0.387 e. The number of dihydropyridines is 1. The van der Waals surface area contributed by atoms with Crippen LogP contribution < -0.4 is 10.2 Å². The molecule has 46 heavy (non-hydrogen) atoms. The molecule has 0 amide bonds. The van der Waals surface area contributed by atoms with Crippen LogP contribution in [0.15, 0.2) is 158 Å². The summed E-state index contributed by atoms with van der Waals surface area (Å²) in [5.41, 5.74) is 11.9. The van der Waals surface area contributed by atoms with E-state index in [9.17, 15) is 0 Å². The molecule has 0 fully saturated rings. The van der Waals surface area contributed by atoms with Gasteiger partial charge in [-0.3, -0.25) is 4.98 Å². The van der Waals surface area contributed by atoms with Gasteiger partial charge in [0, 0.05) is 63.8 Å². The zero-order valence-corrected chi connectivity index (χ0v) is 25.3. The van der Waals surface area contributed by atoms with Gasteiger partial charge in [0.1, 0.15) is 0 Å². The average Bonchev–Trinajstić information content (AvgIpc) is 3.37. The number of rotatable bonds is 4. The number of nitrogens with zero attached hydrogens (tertiary/aromatic N) is 3. The van der Waals surface area contributed by atoms with Crippen molar-refractivity contribution >= 4 is 44.8 Å². The molecule has 3 aliphatic rings. The molecule has 1 N–H and O–H groups in total. The first-order valence-electron chi connectivity index (χ1n) is 15.9. The van der Waals surface area contributed by atoms with Gasteiger partial charge in [0.05, 0.1) is 17.1 Å². The number of aromatic nitrogens is 2. The quantitative estimate of drug-likeness (QED) is 0.221. The first kappa shape index (κ1) is 26.5. The van der Waals surface area contributed by atoms with Crippen LogP contribution in [0.2, 0.25) is 0 Å². The second kappa shape index (κ2) is 10.9. The predicted molar refractivity (Wildman–Crippen MR) is 192 cm³/mol. The van der Waals surface area contributed by atoms with Gasteiger partial charge in [-0.25, -0.2) is 0 Å². The van der Waals surface area contributed by atoms with Crippen molar-refractivity contribution in [1.82, 2.24) is 14.9 Å². The van der Waals surface area contributed by atoms with Crippen LogP contribution in [0.4, 0.5) is 11.4 Å². The van der Waals surface area contributed by atoms with E-state index in [-0.39, 0.29) is 12.0 Å². The Morgan fingerprint density at radius 3 is 2.43 bits per heavy atom. The van der Waals surface area contributed by atoms with Gasteiger partial charge in [-0.2, -0.15) is 0 Å². The smallest absolute Gasteiger partial charge is 0.0623 e. The number of nitrogens with one attached hydrogen (secondary N) is 1. The lowest BCUT2D eigenvalue weighted by Gasteiger charge is -2.35. The molecule has 4 nitrogen and oxygen atoms in total. The van der Waals surface area contributed by atoms with Crippen molar-refractivity contribution in [3.63, 3.8) is 0 Å². The van der Waals surface area contributed by atoms with Gasteiger partial charge in [0.2, 0.25) is 0 Å². The van der Waals surface area contributed by atoms with E-state index in [0.717, 1.165) is 23.4 Å². The van der Waals surface area contributed by atoms with Crippen LogP contribution in [0.25, 0.3) is 50.3 Å². The average molecular weight is 593 g/mol. The number of para-hydroxylation sites is 2. The Balaban J connectivity index is 1.33. The molecule has 0 radical (unpaired) electrons. The van der Waals surface area contributed by atoms with Gasteiger partial charge in [0.15, 0.2) is 0 Å². The van der Waals surface area contributed by atoms with E-state index in [2.05, 4.69) is 159 Å². The Morgan fingerprint density at radius 2 is 1.57 bits per heavy atom. The zero-order valence-electron chi connectivity index (χ0n) is 25.3. The molecule has 0 spiro atoms. The highest BCUT2D eigenvalue weighted by atomic mass is 15.2. The Morgan fingerprint density at radius 1 is 0.696 bits per heavy atom. The summed E-state index contributed by atoms with van der Waals surface area (Å²) < 4.78 is 2.44. The Labute approximate surface area is 268 Å². The summed E-state index contributed by atoms with van der Waals surface area (Å²) >= 11 is 0. The van der Waals surface area contributed by atoms with Crippen LogP contribution in [-0.2, 0) is 0 Å². The number of hydrogen-bond donors (Lipinski definition) is 1. The van der Waals surface area contributed by atoms with Crippen LogP contribution in [0.5, 0.6) is 0 Å². The molecule has 2 unspecified atom stereocenters. The maximum absolute atomic E-state index is 4.45. The fourth-order valence-corrected chi connectivity index (χ4v) is 7.33. The van der Waals surface area contributed by atoms with Crippen LogP contribution >= 0.6 is 0 Å². The standard InChI is InChI=1S/C42H32N4/c1-2-13-34(14-3-1)45-38-16-6-4-10-29(38)18-19-37-40(45)20-21-41-42(37)36-15-5-7-17-39(36)46(41)35-25-32(30-11-8-22-43-27-30)24-33(26-35)31-12-9-23-44-28-31/h1-27,29,38,44H,28H2. The van der Waals surface area contributed by atoms with Crippen molar-refractivity contribution in [1.29, 1.82) is 0 Å². The third-order valence-electron chi connectivity index (χ3n) is 9.43. The van der Waals surface area contributed by atoms with Gasteiger partial charge in [-0.15, -0.1) is 0 Å². The molecule has 4 aromatic carbocycles. The maximum atomic E-state index is 4.45. The van der Waals surface area contributed by atoms with Crippen molar-refractivity contribution in [2.75, 3.05) is 11.4 Å². The lowest BCUT2D eigenvalue weighted by atomic mass is 9.93. The van der Waals surface area contributed by atoms with E-state index in [4.69, 9.17) is 0 Å². The van der Waals surface area contributed by atoms with Crippen LogP contribution in [-0.4, -0.2) is 22.1 Å². The molecular formula is C42H32N4. The van der Waals surface area contributed by atoms with E-state index >= 15 is 0 Å². The molecule has 2 atom stereocenters. The summed E-state index contributed by atoms with van der Waals surface area (Å²) in [4.78, 5) is 6.97. The van der Waals surface area contributed by atoms with Gasteiger partial charge in [-0.05, 0) is 83.6 Å². The SMILES string of the molecule is C1=CNCC(c2cc(-c3cccnc3)cc(-n3c4ccccc4c4c5c(ccc43)N(c3ccccc3)C3C=CC=CC3C=C5)c2)=C1. The minimum absolute atomic E-state index is 0.195. The first-order valence-corrected chi connectivity index (χ1v) is 15.9. The fourth-order valence-electron chi connectivity index (χ4n) is 7.33. The topological polar surface area (TPSA) is 33.1 Å². The second-order valence-electron chi connectivity index (χ2n) is 12.1. The van der Waals surface area contributed by atoms with Gasteiger partial charge >= 0.3 is 0 Å². The zero-order chi connectivity index (χ0) is 30.5. The van der Waals surface area contributed by atoms with E-state index in [1.165, 1.54) is 49.9 Å². The van der Waals surface area contributed by atoms with E-state index in [1.54, 1.807) is 0 Å². The summed E-state index contributed by atoms with van der Waals surface area (Å²) in [6.07, 6.45) is 23.8. The van der Waals surface area contributed by atoms with Gasteiger partial charge in [0.25, 0.3) is 0 Å². The summed E-state index contributed by atoms with van der Waals surface area (Å²) in [5.74, 6) is 0.270. The minimum Gasteiger partial charge on any atom is -0.387 e. The summed E-state index contributed by atoms with van der Waals surface area (Å²) in [6, 6.07) is 35.6. The molecular weight excluding hydrogens is 560 g/mol. The Kier molecular flexibility index (Phi) is 6.31. The van der Waals surface area contributed by atoms with Crippen molar-refractivity contribution in [3.8, 4) is 16.8 Å². The molecule has 6 aromatic rings. The van der Waals surface area contributed by atoms with Gasteiger partial charge in [-0.1, -0.05) is 85.0 Å². The lowest BCUT2D eigenvalue weighted by molar-refractivity contribution is 0.669. The monoisotopic (exact) mass is 592 g/mol. The molecule has 4 heteroatoms. The number of anilines is 2. The number of allylic oxidation sites excluding steroid dienone is 4. The summed E-state index contributed by atoms with van der Waals surface area (Å²) in [6.45, 7) is 0.790. The highest BCUT2D eigenvalue weighted by Gasteiger charge is 2.30. The van der Waals surface area contributed by atoms with Gasteiger partial charge < -0.3 is 14.8 Å². The van der Waals surface area contributed by atoms with Crippen molar-refractivity contribution in [2.24, 2.45) is 5.92 Å². The highest BCUT2D eigenvalue weighted by molar-refractivity contribution is 6.15. The van der Waals surface area contributed by atoms with Crippen LogP contribution in [0, 0.1) is 5.92 Å². The lowest BCUT2D eigenvalue weighted by Crippen LogP contribution is -2.35. The molecule has 9 rings (SSSR count). The molecule has 2 aliphatic heterocycles. The maximum Gasteiger partial charge on any atom is 0.0623 e. The third-order valence-corrected chi connectivity index (χ3v) is 9.43. The number of benzene rings is 4. The normalized spacial score (nSPS) is 18.3. The van der Waals surface area contributed by atoms with Crippen molar-refractivity contribution < 1.29 is 0 Å². The number of pyridine rings is 1. The predicted octanol–water partition coefficient (Wildman–Crippen LogP) is 9.62. The minimum atomic E-state index is 0.195. The molecule has 1 aliphatic carbocycles. The molecule has 0 saturated heterocycles.